The van der Waals surface area contributed by atoms with Gasteiger partial charge in [-0.15, -0.1) is 0 Å². The third kappa shape index (κ3) is 7.14. The van der Waals surface area contributed by atoms with Crippen LogP contribution in [0, 0.1) is 21.7 Å². The minimum Gasteiger partial charge on any atom is -0.344 e. The van der Waals surface area contributed by atoms with E-state index in [0.29, 0.717) is 11.6 Å². The van der Waals surface area contributed by atoms with Crippen molar-refractivity contribution in [3.63, 3.8) is 0 Å². The Hall–Kier alpha value is -3.73. The van der Waals surface area contributed by atoms with Crippen LogP contribution in [0.2, 0.25) is 0 Å². The maximum Gasteiger partial charge on any atom is 0.269 e. The molecular weight excluding hydrogens is 438 g/mol. The minimum atomic E-state index is -1.15. The van der Waals surface area contributed by atoms with Crippen LogP contribution in [0.3, 0.4) is 0 Å². The molecule has 0 bridgehead atoms. The topological polar surface area (TPSA) is 136 Å². The van der Waals surface area contributed by atoms with Gasteiger partial charge in [0.2, 0.25) is 11.8 Å². The first-order chi connectivity index (χ1) is 15.5. The van der Waals surface area contributed by atoms with Crippen LogP contribution in [0.15, 0.2) is 42.5 Å². The zero-order valence-electron chi connectivity index (χ0n) is 18.1. The average Bonchev–Trinajstić information content (AvgIpc) is 2.75. The zero-order chi connectivity index (χ0) is 24.7. The van der Waals surface area contributed by atoms with Gasteiger partial charge in [-0.1, -0.05) is 19.1 Å². The molecule has 0 aliphatic carbocycles. The first-order valence-corrected chi connectivity index (χ1v) is 10.1. The molecule has 0 saturated heterocycles. The van der Waals surface area contributed by atoms with Crippen molar-refractivity contribution in [2.45, 2.75) is 45.3 Å². The number of nitrogens with two attached hydrogens (primary N) is 1. The highest BCUT2D eigenvalue weighted by Gasteiger charge is 2.30. The van der Waals surface area contributed by atoms with Gasteiger partial charge in [0.1, 0.15) is 17.7 Å². The summed E-state index contributed by atoms with van der Waals surface area (Å²) in [7, 11) is 0. The van der Waals surface area contributed by atoms with Gasteiger partial charge in [0.25, 0.3) is 11.6 Å². The van der Waals surface area contributed by atoms with Gasteiger partial charge < -0.3 is 11.1 Å². The number of benzene rings is 2. The lowest BCUT2D eigenvalue weighted by Crippen LogP contribution is -2.53. The molecule has 2 aromatic carbocycles. The van der Waals surface area contributed by atoms with Gasteiger partial charge in [-0.05, 0) is 36.6 Å². The number of hydrogen-bond donors (Lipinski definition) is 2. The highest BCUT2D eigenvalue weighted by molar-refractivity contribution is 6.01. The summed E-state index contributed by atoms with van der Waals surface area (Å²) in [5.41, 5.74) is 6.19. The first kappa shape index (κ1) is 25.5. The van der Waals surface area contributed by atoms with Crippen molar-refractivity contribution in [2.75, 3.05) is 0 Å². The quantitative estimate of drug-likeness (QED) is 0.433. The number of nitrogens with zero attached hydrogens (tertiary/aromatic N) is 2. The van der Waals surface area contributed by atoms with Crippen LogP contribution < -0.4 is 11.1 Å². The molecule has 33 heavy (non-hydrogen) atoms. The molecule has 0 aliphatic heterocycles. The van der Waals surface area contributed by atoms with Crippen LogP contribution in [0.1, 0.15) is 31.4 Å². The summed E-state index contributed by atoms with van der Waals surface area (Å²) in [6, 6.07) is 5.85. The van der Waals surface area contributed by atoms with Crippen molar-refractivity contribution in [2.24, 2.45) is 5.73 Å². The molecule has 3 N–H and O–H groups in total. The molecule has 0 fully saturated rings. The fourth-order valence-electron chi connectivity index (χ4n) is 3.03. The smallest absolute Gasteiger partial charge is 0.269 e. The summed E-state index contributed by atoms with van der Waals surface area (Å²) in [5.74, 6) is -3.77. The summed E-state index contributed by atoms with van der Waals surface area (Å²) < 4.78 is 26.7. The Morgan fingerprint density at radius 2 is 1.64 bits per heavy atom. The standard InChI is InChI=1S/C22H24F2N4O5/c1-3-19(25)22(31)27(12-14-4-6-18(7-5-14)28(32)33)21(30)13(2)26-20(29)10-15-8-16(23)11-17(24)9-15/h4-9,11,13,19H,3,10,12,25H2,1-2H3,(H,26,29)/t13-,19-/m0/s1. The van der Waals surface area contributed by atoms with Crippen LogP contribution in [0.4, 0.5) is 14.5 Å². The van der Waals surface area contributed by atoms with E-state index in [1.165, 1.54) is 31.2 Å². The number of hydrogen-bond acceptors (Lipinski definition) is 6. The largest absolute Gasteiger partial charge is 0.344 e. The normalized spacial score (nSPS) is 12.5. The molecule has 0 aliphatic rings. The minimum absolute atomic E-state index is 0.0801. The lowest BCUT2D eigenvalue weighted by molar-refractivity contribution is -0.384. The highest BCUT2D eigenvalue weighted by Crippen LogP contribution is 2.15. The van der Waals surface area contributed by atoms with Gasteiger partial charge in [0.15, 0.2) is 0 Å². The van der Waals surface area contributed by atoms with E-state index in [0.717, 1.165) is 17.0 Å². The molecule has 2 atom stereocenters. The van der Waals surface area contributed by atoms with Crippen LogP contribution >= 0.6 is 0 Å². The van der Waals surface area contributed by atoms with E-state index in [1.54, 1.807) is 6.92 Å². The number of nitro benzene ring substituents is 1. The molecule has 2 rings (SSSR count). The van der Waals surface area contributed by atoms with Crippen LogP contribution in [-0.4, -0.2) is 39.6 Å². The van der Waals surface area contributed by atoms with Crippen LogP contribution in [-0.2, 0) is 27.3 Å². The molecule has 3 amide bonds. The van der Waals surface area contributed by atoms with E-state index in [-0.39, 0.29) is 30.6 Å². The SMILES string of the molecule is CC[C@H](N)C(=O)N(Cc1ccc([N+](=O)[O-])cc1)C(=O)[C@H](C)NC(=O)Cc1cc(F)cc(F)c1. The fraction of sp³-hybridized carbons (Fsp3) is 0.318. The first-order valence-electron chi connectivity index (χ1n) is 10.1. The molecule has 0 heterocycles. The van der Waals surface area contributed by atoms with Gasteiger partial charge in [-0.2, -0.15) is 0 Å². The Kier molecular flexibility index (Phi) is 8.69. The summed E-state index contributed by atoms with van der Waals surface area (Å²) in [5, 5.41) is 13.2. The van der Waals surface area contributed by atoms with E-state index in [1.807, 2.05) is 0 Å². The Morgan fingerprint density at radius 3 is 2.15 bits per heavy atom. The van der Waals surface area contributed by atoms with Crippen molar-refractivity contribution in [1.29, 1.82) is 0 Å². The predicted molar refractivity (Wildman–Crippen MR) is 115 cm³/mol. The van der Waals surface area contributed by atoms with Crippen molar-refractivity contribution in [3.05, 3.63) is 75.3 Å². The molecule has 0 unspecified atom stereocenters. The number of amides is 3. The van der Waals surface area contributed by atoms with E-state index in [2.05, 4.69) is 5.32 Å². The van der Waals surface area contributed by atoms with Gasteiger partial charge in [0, 0.05) is 18.2 Å². The van der Waals surface area contributed by atoms with Gasteiger partial charge in [-0.3, -0.25) is 29.4 Å². The number of nitro groups is 1. The van der Waals surface area contributed by atoms with Crippen molar-refractivity contribution in [3.8, 4) is 0 Å². The van der Waals surface area contributed by atoms with Gasteiger partial charge in [0.05, 0.1) is 23.9 Å². The van der Waals surface area contributed by atoms with E-state index in [9.17, 15) is 33.3 Å². The van der Waals surface area contributed by atoms with E-state index < -0.39 is 46.4 Å². The van der Waals surface area contributed by atoms with Crippen molar-refractivity contribution >= 4 is 23.4 Å². The number of halogens is 2. The van der Waals surface area contributed by atoms with Gasteiger partial charge >= 0.3 is 0 Å². The molecule has 0 spiro atoms. The monoisotopic (exact) mass is 462 g/mol. The Labute approximate surface area is 188 Å². The van der Waals surface area contributed by atoms with E-state index >= 15 is 0 Å². The third-order valence-corrected chi connectivity index (χ3v) is 4.81. The number of carbonyl (C=O) groups is 3. The number of carbonyl (C=O) groups excluding carboxylic acids is 3. The van der Waals surface area contributed by atoms with Crippen LogP contribution in [0.25, 0.3) is 0 Å². The maximum atomic E-state index is 13.3. The van der Waals surface area contributed by atoms with E-state index in [4.69, 9.17) is 5.73 Å². The summed E-state index contributed by atoms with van der Waals surface area (Å²) in [6.07, 6.45) is -0.119. The molecule has 0 aromatic heterocycles. The third-order valence-electron chi connectivity index (χ3n) is 4.81. The lowest BCUT2D eigenvalue weighted by Gasteiger charge is -2.27. The van der Waals surface area contributed by atoms with Crippen LogP contribution in [0.5, 0.6) is 0 Å². The number of non-ortho nitro benzene ring substituents is 1. The number of rotatable bonds is 9. The number of imide groups is 1. The lowest BCUT2D eigenvalue weighted by atomic mass is 10.1. The second-order valence-electron chi connectivity index (χ2n) is 7.44. The fourth-order valence-corrected chi connectivity index (χ4v) is 3.03. The predicted octanol–water partition coefficient (Wildman–Crippen LogP) is 2.21. The molecule has 9 nitrogen and oxygen atoms in total. The Balaban J connectivity index is 2.15. The summed E-state index contributed by atoms with van der Waals surface area (Å²) >= 11 is 0. The van der Waals surface area contributed by atoms with Crippen molar-refractivity contribution < 1.29 is 28.1 Å². The molecule has 176 valence electrons. The summed E-state index contributed by atoms with van der Waals surface area (Å²) in [6.45, 7) is 2.82. The Bertz CT molecular complexity index is 1030. The maximum absolute atomic E-state index is 13.3. The Morgan fingerprint density at radius 1 is 1.06 bits per heavy atom. The molecule has 11 heteroatoms. The molecule has 0 radical (unpaired) electrons. The number of nitrogens with one attached hydrogen (secondary N) is 1. The summed E-state index contributed by atoms with van der Waals surface area (Å²) in [4.78, 5) is 49.1. The molecular formula is C22H24F2N4O5. The van der Waals surface area contributed by atoms with Crippen molar-refractivity contribution in [1.82, 2.24) is 10.2 Å². The zero-order valence-corrected chi connectivity index (χ0v) is 18.1. The second-order valence-corrected chi connectivity index (χ2v) is 7.44. The molecule has 0 saturated carbocycles. The second kappa shape index (κ2) is 11.2. The highest BCUT2D eigenvalue weighted by atomic mass is 19.1. The average molecular weight is 462 g/mol. The molecule has 2 aromatic rings. The van der Waals surface area contributed by atoms with Gasteiger partial charge in [-0.25, -0.2) is 8.78 Å².